The molecule has 0 radical (unpaired) electrons. The molecule has 1 aliphatic heterocycles. The van der Waals surface area contributed by atoms with E-state index in [1.54, 1.807) is 0 Å². The van der Waals surface area contributed by atoms with Crippen LogP contribution in [0.15, 0.2) is 24.3 Å². The molecule has 0 aliphatic carbocycles. The highest BCUT2D eigenvalue weighted by Gasteiger charge is 2.20. The van der Waals surface area contributed by atoms with Gasteiger partial charge < -0.3 is 10.2 Å². The maximum Gasteiger partial charge on any atom is 0.0292 e. The summed E-state index contributed by atoms with van der Waals surface area (Å²) in [4.78, 5) is 2.47. The van der Waals surface area contributed by atoms with Crippen LogP contribution in [0.4, 0.5) is 0 Å². The summed E-state index contributed by atoms with van der Waals surface area (Å²) >= 11 is 0. The molecule has 1 saturated heterocycles. The summed E-state index contributed by atoms with van der Waals surface area (Å²) in [7, 11) is 2.24. The first kappa shape index (κ1) is 13.6. The van der Waals surface area contributed by atoms with Crippen molar-refractivity contribution in [3.63, 3.8) is 0 Å². The molecular weight excluding hydrogens is 220 g/mol. The van der Waals surface area contributed by atoms with Gasteiger partial charge in [0.2, 0.25) is 0 Å². The zero-order chi connectivity index (χ0) is 13.0. The van der Waals surface area contributed by atoms with Crippen LogP contribution in [-0.2, 0) is 6.42 Å². The van der Waals surface area contributed by atoms with E-state index in [4.69, 9.17) is 0 Å². The Morgan fingerprint density at radius 2 is 2.06 bits per heavy atom. The van der Waals surface area contributed by atoms with Gasteiger partial charge in [-0.15, -0.1) is 0 Å². The number of likely N-dealkylation sites (N-methyl/N-ethyl adjacent to an activating group) is 1. The van der Waals surface area contributed by atoms with Crippen LogP contribution in [0.3, 0.4) is 0 Å². The van der Waals surface area contributed by atoms with E-state index in [1.165, 1.54) is 30.5 Å². The molecule has 1 fully saturated rings. The van der Waals surface area contributed by atoms with E-state index in [-0.39, 0.29) is 0 Å². The van der Waals surface area contributed by atoms with Crippen LogP contribution in [0.25, 0.3) is 0 Å². The van der Waals surface area contributed by atoms with Crippen molar-refractivity contribution in [1.82, 2.24) is 10.2 Å². The number of hydrogen-bond acceptors (Lipinski definition) is 2. The highest BCUT2D eigenvalue weighted by atomic mass is 15.2. The molecule has 18 heavy (non-hydrogen) atoms. The second-order valence-corrected chi connectivity index (χ2v) is 5.50. The molecule has 0 aromatic heterocycles. The van der Waals surface area contributed by atoms with E-state index < -0.39 is 0 Å². The van der Waals surface area contributed by atoms with Gasteiger partial charge in [0, 0.05) is 18.6 Å². The number of aryl methyl sites for hydroxylation is 1. The van der Waals surface area contributed by atoms with Crippen molar-refractivity contribution in [2.24, 2.45) is 0 Å². The molecular formula is C16H26N2. The van der Waals surface area contributed by atoms with Crippen molar-refractivity contribution in [1.29, 1.82) is 0 Å². The minimum Gasteiger partial charge on any atom is -0.309 e. The Morgan fingerprint density at radius 1 is 1.33 bits per heavy atom. The van der Waals surface area contributed by atoms with Crippen molar-refractivity contribution in [2.75, 3.05) is 20.1 Å². The van der Waals surface area contributed by atoms with Crippen LogP contribution >= 0.6 is 0 Å². The maximum absolute atomic E-state index is 3.67. The van der Waals surface area contributed by atoms with Crippen LogP contribution in [-0.4, -0.2) is 31.1 Å². The minimum absolute atomic E-state index is 0.449. The lowest BCUT2D eigenvalue weighted by atomic mass is 10.0. The van der Waals surface area contributed by atoms with E-state index in [2.05, 4.69) is 55.4 Å². The molecule has 1 aliphatic rings. The first-order valence-electron chi connectivity index (χ1n) is 7.23. The molecule has 1 aromatic rings. The predicted octanol–water partition coefficient (Wildman–Crippen LogP) is 2.99. The van der Waals surface area contributed by atoms with Gasteiger partial charge in [-0.05, 0) is 50.9 Å². The monoisotopic (exact) mass is 246 g/mol. The molecule has 0 spiro atoms. The van der Waals surface area contributed by atoms with E-state index >= 15 is 0 Å². The highest BCUT2D eigenvalue weighted by molar-refractivity contribution is 5.24. The van der Waals surface area contributed by atoms with Gasteiger partial charge >= 0.3 is 0 Å². The molecule has 0 saturated carbocycles. The van der Waals surface area contributed by atoms with Crippen LogP contribution < -0.4 is 5.32 Å². The summed E-state index contributed by atoms with van der Waals surface area (Å²) in [5.41, 5.74) is 2.81. The Hall–Kier alpha value is -0.860. The Labute approximate surface area is 111 Å². The second-order valence-electron chi connectivity index (χ2n) is 5.50. The standard InChI is InChI=1S/C16H26N2/c1-4-14-7-9-15(10-8-14)13(2)17-12-16-6-5-11-18(16)3/h7-10,13,16-17H,4-6,11-12H2,1-3H3. The highest BCUT2D eigenvalue weighted by Crippen LogP contribution is 2.17. The van der Waals surface area contributed by atoms with Crippen molar-refractivity contribution in [3.8, 4) is 0 Å². The van der Waals surface area contributed by atoms with Gasteiger partial charge in [0.25, 0.3) is 0 Å². The van der Waals surface area contributed by atoms with Crippen LogP contribution in [0.2, 0.25) is 0 Å². The number of likely N-dealkylation sites (tertiary alicyclic amines) is 1. The van der Waals surface area contributed by atoms with Crippen LogP contribution in [0.1, 0.15) is 43.9 Å². The zero-order valence-electron chi connectivity index (χ0n) is 11.9. The van der Waals surface area contributed by atoms with Gasteiger partial charge in [0.1, 0.15) is 0 Å². The maximum atomic E-state index is 3.67. The number of nitrogens with one attached hydrogen (secondary N) is 1. The Morgan fingerprint density at radius 3 is 2.61 bits per heavy atom. The van der Waals surface area contributed by atoms with E-state index in [9.17, 15) is 0 Å². The molecule has 0 bridgehead atoms. The molecule has 100 valence electrons. The lowest BCUT2D eigenvalue weighted by Crippen LogP contribution is -2.36. The van der Waals surface area contributed by atoms with Crippen LogP contribution in [0.5, 0.6) is 0 Å². The average molecular weight is 246 g/mol. The molecule has 2 nitrogen and oxygen atoms in total. The van der Waals surface area contributed by atoms with Gasteiger partial charge in [0.15, 0.2) is 0 Å². The van der Waals surface area contributed by atoms with Gasteiger partial charge in [-0.3, -0.25) is 0 Å². The van der Waals surface area contributed by atoms with E-state index in [1.807, 2.05) is 0 Å². The fourth-order valence-corrected chi connectivity index (χ4v) is 2.71. The predicted molar refractivity (Wildman–Crippen MR) is 77.9 cm³/mol. The quantitative estimate of drug-likeness (QED) is 0.859. The average Bonchev–Trinajstić information content (AvgIpc) is 2.81. The Bertz CT molecular complexity index is 358. The molecule has 1 heterocycles. The van der Waals surface area contributed by atoms with Crippen LogP contribution in [0, 0.1) is 0 Å². The van der Waals surface area contributed by atoms with Crippen molar-refractivity contribution >= 4 is 0 Å². The summed E-state index contributed by atoms with van der Waals surface area (Å²) in [5, 5.41) is 3.67. The molecule has 2 heteroatoms. The van der Waals surface area contributed by atoms with Gasteiger partial charge in [-0.25, -0.2) is 0 Å². The zero-order valence-corrected chi connectivity index (χ0v) is 11.9. The van der Waals surface area contributed by atoms with Gasteiger partial charge in [-0.1, -0.05) is 31.2 Å². The molecule has 0 amide bonds. The fraction of sp³-hybridized carbons (Fsp3) is 0.625. The third-order valence-electron chi connectivity index (χ3n) is 4.22. The topological polar surface area (TPSA) is 15.3 Å². The van der Waals surface area contributed by atoms with E-state index in [0.29, 0.717) is 6.04 Å². The number of benzene rings is 1. The lowest BCUT2D eigenvalue weighted by molar-refractivity contribution is 0.293. The molecule has 2 atom stereocenters. The molecule has 2 rings (SSSR count). The summed E-state index contributed by atoms with van der Waals surface area (Å²) in [6, 6.07) is 10.2. The number of hydrogen-bond donors (Lipinski definition) is 1. The number of rotatable bonds is 5. The molecule has 1 aromatic carbocycles. The first-order valence-corrected chi connectivity index (χ1v) is 7.23. The smallest absolute Gasteiger partial charge is 0.0292 e. The Kier molecular flexibility index (Phi) is 4.79. The second kappa shape index (κ2) is 6.35. The first-order chi connectivity index (χ1) is 8.70. The lowest BCUT2D eigenvalue weighted by Gasteiger charge is -2.22. The normalized spacial score (nSPS) is 22.3. The summed E-state index contributed by atoms with van der Waals surface area (Å²) in [6.07, 6.45) is 3.81. The van der Waals surface area contributed by atoms with Gasteiger partial charge in [-0.2, -0.15) is 0 Å². The fourth-order valence-electron chi connectivity index (χ4n) is 2.71. The third kappa shape index (κ3) is 3.33. The van der Waals surface area contributed by atoms with Crippen molar-refractivity contribution in [3.05, 3.63) is 35.4 Å². The summed E-state index contributed by atoms with van der Waals surface area (Å²) < 4.78 is 0. The number of nitrogens with zero attached hydrogens (tertiary/aromatic N) is 1. The summed E-state index contributed by atoms with van der Waals surface area (Å²) in [6.45, 7) is 6.82. The Balaban J connectivity index is 1.84. The molecule has 2 unspecified atom stereocenters. The van der Waals surface area contributed by atoms with Crippen molar-refractivity contribution < 1.29 is 0 Å². The SMILES string of the molecule is CCc1ccc(C(C)NCC2CCCN2C)cc1. The minimum atomic E-state index is 0.449. The summed E-state index contributed by atoms with van der Waals surface area (Å²) in [5.74, 6) is 0. The largest absolute Gasteiger partial charge is 0.309 e. The van der Waals surface area contributed by atoms with Gasteiger partial charge in [0.05, 0.1) is 0 Å². The molecule has 1 N–H and O–H groups in total. The van der Waals surface area contributed by atoms with E-state index in [0.717, 1.165) is 19.0 Å². The third-order valence-corrected chi connectivity index (χ3v) is 4.22. The van der Waals surface area contributed by atoms with Crippen molar-refractivity contribution in [2.45, 2.75) is 45.2 Å².